The second-order valence-corrected chi connectivity index (χ2v) is 5.70. The maximum absolute atomic E-state index is 13.2. The van der Waals surface area contributed by atoms with Crippen LogP contribution in [0, 0.1) is 5.82 Å². The Morgan fingerprint density at radius 2 is 1.71 bits per heavy atom. The van der Waals surface area contributed by atoms with Crippen LogP contribution in [0.25, 0.3) is 0 Å². The van der Waals surface area contributed by atoms with Gasteiger partial charge in [0, 0.05) is 31.0 Å². The predicted octanol–water partition coefficient (Wildman–Crippen LogP) is 4.31. The van der Waals surface area contributed by atoms with Gasteiger partial charge in [0.1, 0.15) is 11.6 Å². The van der Waals surface area contributed by atoms with Gasteiger partial charge in [0.2, 0.25) is 0 Å². The first-order chi connectivity index (χ1) is 11.3. The summed E-state index contributed by atoms with van der Waals surface area (Å²) < 4.78 is 54.5. The Morgan fingerprint density at radius 3 is 2.38 bits per heavy atom. The molecular weight excluding hydrogens is 324 g/mol. The molecule has 24 heavy (non-hydrogen) atoms. The van der Waals surface area contributed by atoms with Crippen LogP contribution in [0.5, 0.6) is 5.75 Å². The lowest BCUT2D eigenvalue weighted by Crippen LogP contribution is -2.26. The fourth-order valence-corrected chi connectivity index (χ4v) is 2.80. The third kappa shape index (κ3) is 3.79. The average Bonchev–Trinajstić information content (AvgIpc) is 2.64. The molecule has 0 aromatic heterocycles. The third-order valence-corrected chi connectivity index (χ3v) is 3.86. The molecule has 1 aliphatic rings. The molecule has 0 saturated carbocycles. The molecule has 0 bridgehead atoms. The minimum Gasteiger partial charge on any atom is -0.406 e. The SMILES string of the molecule is CN1CCN(c2ccc(F)cc2)c2ccc(OC(F)(F)F)cc2C1. The first-order valence-corrected chi connectivity index (χ1v) is 7.42. The summed E-state index contributed by atoms with van der Waals surface area (Å²) in [7, 11) is 1.90. The van der Waals surface area contributed by atoms with Crippen LogP contribution in [0.3, 0.4) is 0 Å². The second kappa shape index (κ2) is 6.32. The molecule has 0 atom stereocenters. The number of halogens is 4. The van der Waals surface area contributed by atoms with Crippen molar-refractivity contribution >= 4 is 11.4 Å². The zero-order valence-corrected chi connectivity index (χ0v) is 13.0. The normalized spacial score (nSPS) is 15.8. The Bertz CT molecular complexity index is 716. The smallest absolute Gasteiger partial charge is 0.406 e. The summed E-state index contributed by atoms with van der Waals surface area (Å²) in [5.74, 6) is -0.574. The molecule has 3 nitrogen and oxygen atoms in total. The fourth-order valence-electron chi connectivity index (χ4n) is 2.80. The Morgan fingerprint density at radius 1 is 1.00 bits per heavy atom. The highest BCUT2D eigenvalue weighted by Crippen LogP contribution is 2.35. The van der Waals surface area contributed by atoms with Gasteiger partial charge in [0.05, 0.1) is 0 Å². The van der Waals surface area contributed by atoms with E-state index in [-0.39, 0.29) is 11.6 Å². The number of hydrogen-bond acceptors (Lipinski definition) is 3. The summed E-state index contributed by atoms with van der Waals surface area (Å²) in [4.78, 5) is 3.98. The lowest BCUT2D eigenvalue weighted by molar-refractivity contribution is -0.274. The molecule has 0 N–H and O–H groups in total. The summed E-state index contributed by atoms with van der Waals surface area (Å²) in [6.07, 6.45) is -4.72. The van der Waals surface area contributed by atoms with E-state index in [1.807, 2.05) is 16.8 Å². The van der Waals surface area contributed by atoms with Gasteiger partial charge in [-0.15, -0.1) is 13.2 Å². The highest BCUT2D eigenvalue weighted by molar-refractivity contribution is 5.68. The second-order valence-electron chi connectivity index (χ2n) is 5.70. The zero-order chi connectivity index (χ0) is 17.3. The van der Waals surface area contributed by atoms with Gasteiger partial charge in [-0.3, -0.25) is 0 Å². The first kappa shape index (κ1) is 16.6. The molecule has 1 aliphatic heterocycles. The number of likely N-dealkylation sites (N-methyl/N-ethyl adjacent to an activating group) is 1. The summed E-state index contributed by atoms with van der Waals surface area (Å²) in [6, 6.07) is 10.4. The summed E-state index contributed by atoms with van der Waals surface area (Å²) in [6.45, 7) is 1.87. The molecule has 128 valence electrons. The molecule has 0 fully saturated rings. The minimum absolute atomic E-state index is 0.240. The molecule has 1 heterocycles. The molecule has 7 heteroatoms. The largest absolute Gasteiger partial charge is 0.573 e. The van der Waals surface area contributed by atoms with Gasteiger partial charge in [-0.05, 0) is 55.1 Å². The molecule has 0 amide bonds. The number of fused-ring (bicyclic) bond motifs is 1. The van der Waals surface area contributed by atoms with E-state index >= 15 is 0 Å². The van der Waals surface area contributed by atoms with Crippen LogP contribution < -0.4 is 9.64 Å². The summed E-state index contributed by atoms with van der Waals surface area (Å²) in [5.41, 5.74) is 2.30. The monoisotopic (exact) mass is 340 g/mol. The molecule has 0 aliphatic carbocycles. The van der Waals surface area contributed by atoms with Crippen molar-refractivity contribution in [3.05, 3.63) is 53.8 Å². The molecule has 0 radical (unpaired) electrons. The van der Waals surface area contributed by atoms with E-state index in [2.05, 4.69) is 4.74 Å². The van der Waals surface area contributed by atoms with Crippen molar-refractivity contribution in [3.8, 4) is 5.75 Å². The fraction of sp³-hybridized carbons (Fsp3) is 0.294. The Kier molecular flexibility index (Phi) is 4.36. The van der Waals surface area contributed by atoms with Gasteiger partial charge >= 0.3 is 6.36 Å². The van der Waals surface area contributed by atoms with Gasteiger partial charge in [-0.1, -0.05) is 0 Å². The van der Waals surface area contributed by atoms with E-state index in [0.29, 0.717) is 13.1 Å². The van der Waals surface area contributed by atoms with E-state index in [1.54, 1.807) is 18.2 Å². The van der Waals surface area contributed by atoms with E-state index < -0.39 is 6.36 Å². The Hall–Kier alpha value is -2.28. The zero-order valence-electron chi connectivity index (χ0n) is 13.0. The molecule has 0 spiro atoms. The first-order valence-electron chi connectivity index (χ1n) is 7.42. The van der Waals surface area contributed by atoms with Crippen molar-refractivity contribution in [2.24, 2.45) is 0 Å². The van der Waals surface area contributed by atoms with Crippen LogP contribution in [-0.4, -0.2) is 31.4 Å². The van der Waals surface area contributed by atoms with Gasteiger partial charge in [0.15, 0.2) is 0 Å². The van der Waals surface area contributed by atoms with Crippen LogP contribution >= 0.6 is 0 Å². The van der Waals surface area contributed by atoms with Crippen molar-refractivity contribution in [1.82, 2.24) is 4.90 Å². The number of alkyl halides is 3. The highest BCUT2D eigenvalue weighted by Gasteiger charge is 2.31. The van der Waals surface area contributed by atoms with Crippen molar-refractivity contribution < 1.29 is 22.3 Å². The highest BCUT2D eigenvalue weighted by atomic mass is 19.4. The number of anilines is 2. The number of ether oxygens (including phenoxy) is 1. The number of benzene rings is 2. The van der Waals surface area contributed by atoms with Crippen LogP contribution in [0.1, 0.15) is 5.56 Å². The number of nitrogens with zero attached hydrogens (tertiary/aromatic N) is 2. The molecule has 2 aromatic carbocycles. The maximum Gasteiger partial charge on any atom is 0.573 e. The maximum atomic E-state index is 13.2. The third-order valence-electron chi connectivity index (χ3n) is 3.86. The van der Waals surface area contributed by atoms with E-state index in [9.17, 15) is 17.6 Å². The lowest BCUT2D eigenvalue weighted by Gasteiger charge is -2.25. The van der Waals surface area contributed by atoms with Gasteiger partial charge in [0.25, 0.3) is 0 Å². The van der Waals surface area contributed by atoms with Crippen molar-refractivity contribution in [2.45, 2.75) is 12.9 Å². The van der Waals surface area contributed by atoms with Crippen molar-refractivity contribution in [1.29, 1.82) is 0 Å². The van der Waals surface area contributed by atoms with Crippen molar-refractivity contribution in [3.63, 3.8) is 0 Å². The van der Waals surface area contributed by atoms with Crippen LogP contribution in [0.4, 0.5) is 28.9 Å². The van der Waals surface area contributed by atoms with E-state index in [1.165, 1.54) is 24.3 Å². The van der Waals surface area contributed by atoms with E-state index in [4.69, 9.17) is 0 Å². The average molecular weight is 340 g/mol. The standard InChI is InChI=1S/C17H16F4N2O/c1-22-8-9-23(14-4-2-13(18)3-5-14)16-7-6-15(10-12(16)11-22)24-17(19,20)21/h2-7,10H,8-9,11H2,1H3. The van der Waals surface area contributed by atoms with Gasteiger partial charge in [-0.25, -0.2) is 4.39 Å². The van der Waals surface area contributed by atoms with Crippen LogP contribution in [-0.2, 0) is 6.54 Å². The van der Waals surface area contributed by atoms with Gasteiger partial charge < -0.3 is 14.5 Å². The molecule has 0 unspecified atom stereocenters. The van der Waals surface area contributed by atoms with Crippen LogP contribution in [0.15, 0.2) is 42.5 Å². The molecule has 2 aromatic rings. The van der Waals surface area contributed by atoms with Gasteiger partial charge in [-0.2, -0.15) is 0 Å². The molecule has 0 saturated heterocycles. The summed E-state index contributed by atoms with van der Waals surface area (Å²) >= 11 is 0. The molecule has 3 rings (SSSR count). The van der Waals surface area contributed by atoms with E-state index in [0.717, 1.165) is 23.5 Å². The summed E-state index contributed by atoms with van der Waals surface area (Å²) in [5, 5.41) is 0. The quantitative estimate of drug-likeness (QED) is 0.758. The Balaban J connectivity index is 1.99. The lowest BCUT2D eigenvalue weighted by atomic mass is 10.1. The Labute approximate surface area is 137 Å². The van der Waals surface area contributed by atoms with Crippen molar-refractivity contribution in [2.75, 3.05) is 25.0 Å². The topological polar surface area (TPSA) is 15.7 Å². The predicted molar refractivity (Wildman–Crippen MR) is 82.9 cm³/mol. The van der Waals surface area contributed by atoms with Crippen LogP contribution in [0.2, 0.25) is 0 Å². The molecular formula is C17H16F4N2O. The minimum atomic E-state index is -4.72. The number of rotatable bonds is 2. The number of hydrogen-bond donors (Lipinski definition) is 0.